The van der Waals surface area contributed by atoms with Crippen molar-refractivity contribution < 1.29 is 4.74 Å². The lowest BCUT2D eigenvalue weighted by Crippen LogP contribution is -2.60. The molecule has 5 nitrogen and oxygen atoms in total. The number of nitrogens with zero attached hydrogens (tertiary/aromatic N) is 2. The summed E-state index contributed by atoms with van der Waals surface area (Å²) >= 11 is 0. The lowest BCUT2D eigenvalue weighted by molar-refractivity contribution is -0.171. The topological polar surface area (TPSA) is 62.9 Å². The summed E-state index contributed by atoms with van der Waals surface area (Å²) in [6.07, 6.45) is 27.0. The summed E-state index contributed by atoms with van der Waals surface area (Å²) in [5.74, 6) is 1.55. The number of rotatable bonds is 0. The average Bonchev–Trinajstić information content (AvgIpc) is 3.50. The Morgan fingerprint density at radius 3 is 2.91 bits per heavy atom. The van der Waals surface area contributed by atoms with Crippen LogP contribution in [0, 0.1) is 11.8 Å². The molecule has 2 aliphatic carbocycles. The highest BCUT2D eigenvalue weighted by Gasteiger charge is 2.51. The van der Waals surface area contributed by atoms with Crippen molar-refractivity contribution in [3.8, 4) is 0 Å². The first-order chi connectivity index (χ1) is 16.2. The molecule has 4 fully saturated rings. The van der Waals surface area contributed by atoms with Crippen molar-refractivity contribution in [1.29, 1.82) is 0 Å². The van der Waals surface area contributed by atoms with Gasteiger partial charge in [0.1, 0.15) is 0 Å². The van der Waals surface area contributed by atoms with E-state index in [1.165, 1.54) is 43.4 Å². The molecule has 0 radical (unpaired) electrons. The minimum atomic E-state index is -0.0835. The molecule has 0 aromatic rings. The Balaban J connectivity index is 0.00000241. The number of piperidine rings is 1. The molecule has 0 bridgehead atoms. The van der Waals surface area contributed by atoms with E-state index in [0.29, 0.717) is 6.10 Å². The summed E-state index contributed by atoms with van der Waals surface area (Å²) in [5, 5.41) is 3.85. The van der Waals surface area contributed by atoms with Crippen LogP contribution in [0.15, 0.2) is 65.0 Å². The van der Waals surface area contributed by atoms with Gasteiger partial charge < -0.3 is 20.7 Å². The second-order valence-electron chi connectivity index (χ2n) is 11.0. The van der Waals surface area contributed by atoms with Crippen molar-refractivity contribution in [3.63, 3.8) is 0 Å². The molecule has 4 heterocycles. The van der Waals surface area contributed by atoms with Gasteiger partial charge in [0.25, 0.3) is 0 Å². The van der Waals surface area contributed by atoms with Crippen LogP contribution in [-0.2, 0) is 4.74 Å². The van der Waals surface area contributed by atoms with Crippen molar-refractivity contribution in [2.24, 2.45) is 22.6 Å². The second kappa shape index (κ2) is 10.1. The van der Waals surface area contributed by atoms with E-state index >= 15 is 0 Å². The standard InChI is InChI=1S/C28H38N4O.ClH/c29-21-9-5-3-1-2-4-8-20-14-26(20)30-16-22-15-28(19-32(22)18-21)13-12-24-23-10-6-7-11-25(23)31-17-27(24)33-28;/h1-5,8,14,16,21,23-25,27,31H,6-7,9-13,15,17-19,29H2;1H. The predicted molar refractivity (Wildman–Crippen MR) is 141 cm³/mol. The third-order valence-corrected chi connectivity index (χ3v) is 8.65. The summed E-state index contributed by atoms with van der Waals surface area (Å²) < 4.78 is 7.02. The van der Waals surface area contributed by atoms with Crippen molar-refractivity contribution in [2.75, 3.05) is 19.6 Å². The maximum atomic E-state index is 7.02. The molecule has 184 valence electrons. The van der Waals surface area contributed by atoms with Crippen LogP contribution < -0.4 is 11.1 Å². The number of halogens is 1. The van der Waals surface area contributed by atoms with E-state index in [2.05, 4.69) is 58.9 Å². The quantitative estimate of drug-likeness (QED) is 0.536. The highest BCUT2D eigenvalue weighted by atomic mass is 35.5. The van der Waals surface area contributed by atoms with Crippen molar-refractivity contribution in [1.82, 2.24) is 10.2 Å². The first kappa shape index (κ1) is 24.1. The normalized spacial score (nSPS) is 39.3. The Bertz CT molecular complexity index is 950. The molecule has 1 saturated carbocycles. The third kappa shape index (κ3) is 4.99. The zero-order valence-corrected chi connectivity index (χ0v) is 20.9. The highest BCUT2D eigenvalue weighted by Crippen LogP contribution is 2.48. The minimum Gasteiger partial charge on any atom is -0.369 e. The third-order valence-electron chi connectivity index (χ3n) is 8.65. The smallest absolute Gasteiger partial charge is 0.0915 e. The Kier molecular flexibility index (Phi) is 7.17. The zero-order chi connectivity index (χ0) is 22.3. The highest BCUT2D eigenvalue weighted by molar-refractivity contribution is 6.25. The van der Waals surface area contributed by atoms with Gasteiger partial charge in [0.2, 0.25) is 0 Å². The van der Waals surface area contributed by atoms with Gasteiger partial charge in [-0.15, -0.1) is 12.4 Å². The number of aliphatic imine (C=N–C) groups is 1. The Morgan fingerprint density at radius 2 is 1.97 bits per heavy atom. The van der Waals surface area contributed by atoms with Gasteiger partial charge in [-0.05, 0) is 50.0 Å². The van der Waals surface area contributed by atoms with Gasteiger partial charge in [-0.1, -0.05) is 49.3 Å². The lowest BCUT2D eigenvalue weighted by atomic mass is 9.67. The van der Waals surface area contributed by atoms with Crippen molar-refractivity contribution in [3.05, 3.63) is 60.0 Å². The fraction of sp³-hybridized carbons (Fsp3) is 0.607. The molecule has 4 aliphatic heterocycles. The van der Waals surface area contributed by atoms with Gasteiger partial charge in [0.05, 0.1) is 17.4 Å². The van der Waals surface area contributed by atoms with E-state index in [4.69, 9.17) is 15.5 Å². The number of hydrogen-bond acceptors (Lipinski definition) is 5. The van der Waals surface area contributed by atoms with Gasteiger partial charge in [-0.3, -0.25) is 4.99 Å². The number of fused-ring (bicyclic) bond motifs is 5. The maximum absolute atomic E-state index is 7.02. The van der Waals surface area contributed by atoms with Crippen LogP contribution in [0.5, 0.6) is 0 Å². The van der Waals surface area contributed by atoms with Gasteiger partial charge in [0.15, 0.2) is 0 Å². The SMILES string of the molecule is Cl.NC1CC=CC=CC=CC2=CC2=NC=C2CC3(CCC4C(CNC5CCCCC54)O3)CN2C1. The number of ether oxygens (including phenoxy) is 1. The number of nitrogens with two attached hydrogens (primary N) is 1. The monoisotopic (exact) mass is 482 g/mol. The Labute approximate surface area is 210 Å². The molecule has 34 heavy (non-hydrogen) atoms. The Hall–Kier alpha value is -1.66. The van der Waals surface area contributed by atoms with E-state index in [-0.39, 0.29) is 24.0 Å². The van der Waals surface area contributed by atoms with Crippen LogP contribution in [0.2, 0.25) is 0 Å². The Morgan fingerprint density at radius 1 is 1.09 bits per heavy atom. The van der Waals surface area contributed by atoms with Crippen LogP contribution in [0.1, 0.15) is 51.4 Å². The maximum Gasteiger partial charge on any atom is 0.0915 e. The van der Waals surface area contributed by atoms with E-state index < -0.39 is 0 Å². The van der Waals surface area contributed by atoms with Gasteiger partial charge in [-0.2, -0.15) is 0 Å². The van der Waals surface area contributed by atoms with Gasteiger partial charge in [-0.25, -0.2) is 0 Å². The van der Waals surface area contributed by atoms with Crippen LogP contribution in [0.4, 0.5) is 0 Å². The molecule has 0 amide bonds. The number of allylic oxidation sites excluding steroid dienone is 7. The van der Waals surface area contributed by atoms with E-state index in [1.54, 1.807) is 0 Å². The molecular weight excluding hydrogens is 444 g/mol. The van der Waals surface area contributed by atoms with E-state index in [0.717, 1.165) is 62.5 Å². The number of nitrogens with one attached hydrogen (secondary N) is 1. The van der Waals surface area contributed by atoms with Crippen LogP contribution in [0.3, 0.4) is 0 Å². The molecule has 3 N–H and O–H groups in total. The van der Waals surface area contributed by atoms with E-state index in [1.807, 2.05) is 0 Å². The summed E-state index contributed by atoms with van der Waals surface area (Å²) in [7, 11) is 0. The molecule has 3 saturated heterocycles. The predicted octanol–water partition coefficient (Wildman–Crippen LogP) is 4.43. The van der Waals surface area contributed by atoms with Crippen LogP contribution in [-0.4, -0.2) is 54.0 Å². The summed E-state index contributed by atoms with van der Waals surface area (Å²) in [5.41, 5.74) is 10.1. The van der Waals surface area contributed by atoms with Crippen molar-refractivity contribution in [2.45, 2.75) is 75.2 Å². The fourth-order valence-electron chi connectivity index (χ4n) is 6.94. The molecule has 0 aromatic heterocycles. The minimum absolute atomic E-state index is 0. The number of hydrogen-bond donors (Lipinski definition) is 2. The summed E-state index contributed by atoms with van der Waals surface area (Å²) in [4.78, 5) is 7.28. The van der Waals surface area contributed by atoms with Crippen LogP contribution >= 0.6 is 12.4 Å². The lowest BCUT2D eigenvalue weighted by Gasteiger charge is -2.52. The molecule has 6 rings (SSSR count). The molecular formula is C28H39ClN4O. The second-order valence-corrected chi connectivity index (χ2v) is 11.0. The van der Waals surface area contributed by atoms with Gasteiger partial charge in [0, 0.05) is 55.6 Å². The van der Waals surface area contributed by atoms with Crippen molar-refractivity contribution >= 4 is 18.1 Å². The first-order valence-corrected chi connectivity index (χ1v) is 13.1. The summed E-state index contributed by atoms with van der Waals surface area (Å²) in [6.45, 7) is 2.82. The zero-order valence-electron chi connectivity index (χ0n) is 20.1. The van der Waals surface area contributed by atoms with E-state index in [9.17, 15) is 0 Å². The fourth-order valence-corrected chi connectivity index (χ4v) is 6.94. The average molecular weight is 483 g/mol. The largest absolute Gasteiger partial charge is 0.369 e. The molecule has 0 aromatic carbocycles. The molecule has 6 aliphatic rings. The first-order valence-electron chi connectivity index (χ1n) is 13.1. The molecule has 6 atom stereocenters. The molecule has 6 unspecified atom stereocenters. The summed E-state index contributed by atoms with van der Waals surface area (Å²) in [6, 6.07) is 0.831. The van der Waals surface area contributed by atoms with Crippen LogP contribution in [0.25, 0.3) is 0 Å². The molecule has 1 spiro atoms. The molecule has 6 heteroatoms. The van der Waals surface area contributed by atoms with Gasteiger partial charge >= 0.3 is 0 Å².